The maximum Gasteiger partial charge on any atom is 0.215 e. The van der Waals surface area contributed by atoms with Gasteiger partial charge in [0.15, 0.2) is 0 Å². The molecule has 0 aromatic carbocycles. The number of nitrogens with one attached hydrogen (secondary N) is 1. The van der Waals surface area contributed by atoms with Gasteiger partial charge in [-0.1, -0.05) is 37.0 Å². The third-order valence-corrected chi connectivity index (χ3v) is 5.71. The number of nitrogens with zero attached hydrogens (tertiary/aromatic N) is 4. The predicted octanol–water partition coefficient (Wildman–Crippen LogP) is 3.67. The van der Waals surface area contributed by atoms with E-state index in [-0.39, 0.29) is 22.3 Å². The highest BCUT2D eigenvalue weighted by Gasteiger charge is 2.51. The minimum Gasteiger partial charge on any atom is -0.383 e. The molecule has 2 aromatic rings. The summed E-state index contributed by atoms with van der Waals surface area (Å²) in [5, 5.41) is 15.0. The van der Waals surface area contributed by atoms with Gasteiger partial charge in [-0.05, 0) is 42.1 Å². The lowest BCUT2D eigenvalue weighted by Crippen LogP contribution is -2.45. The molecule has 2 aromatic heterocycles. The van der Waals surface area contributed by atoms with E-state index in [0.717, 1.165) is 12.0 Å². The Labute approximate surface area is 154 Å². The quantitative estimate of drug-likeness (QED) is 0.622. The number of hydrogen-bond donors (Lipinski definition) is 2. The lowest BCUT2D eigenvalue weighted by atomic mass is 9.76. The zero-order valence-electron chi connectivity index (χ0n) is 13.3. The second-order valence-electron chi connectivity index (χ2n) is 6.54. The molecule has 24 heavy (non-hydrogen) atoms. The molecule has 1 unspecified atom stereocenters. The van der Waals surface area contributed by atoms with Crippen LogP contribution in [0, 0.1) is 10.2 Å². The molecule has 1 aliphatic carbocycles. The van der Waals surface area contributed by atoms with Crippen LogP contribution in [0.5, 0.6) is 0 Å². The topological polar surface area (TPSA) is 79.6 Å². The summed E-state index contributed by atoms with van der Waals surface area (Å²) in [5.41, 5.74) is -0.143. The van der Waals surface area contributed by atoms with Gasteiger partial charge < -0.3 is 5.11 Å². The minimum absolute atomic E-state index is 0.257. The average Bonchev–Trinajstić information content (AvgIpc) is 2.99. The smallest absolute Gasteiger partial charge is 0.215 e. The summed E-state index contributed by atoms with van der Waals surface area (Å²) in [6, 6.07) is 0. The molecule has 1 fully saturated rings. The monoisotopic (exact) mass is 385 g/mol. The first-order chi connectivity index (χ1) is 11.2. The first-order valence-corrected chi connectivity index (χ1v) is 8.61. The highest BCUT2D eigenvalue weighted by molar-refractivity contribution is 7.71. The normalized spacial score (nSPS) is 24.6. The summed E-state index contributed by atoms with van der Waals surface area (Å²) < 4.78 is 2.05. The molecule has 0 aliphatic heterocycles. The molecule has 2 heterocycles. The van der Waals surface area contributed by atoms with Crippen molar-refractivity contribution in [1.29, 1.82) is 0 Å². The molecule has 9 heteroatoms. The zero-order chi connectivity index (χ0) is 17.5. The van der Waals surface area contributed by atoms with Crippen LogP contribution in [-0.4, -0.2) is 35.4 Å². The van der Waals surface area contributed by atoms with Gasteiger partial charge in [0, 0.05) is 5.56 Å². The second-order valence-corrected chi connectivity index (χ2v) is 7.62. The Balaban J connectivity index is 2.08. The molecule has 128 valence electrons. The molecular formula is C15H17Cl2N5OS. The van der Waals surface area contributed by atoms with Crippen LogP contribution in [0.1, 0.15) is 32.3 Å². The molecule has 1 aliphatic rings. The van der Waals surface area contributed by atoms with E-state index in [2.05, 4.69) is 20.1 Å². The van der Waals surface area contributed by atoms with Crippen molar-refractivity contribution in [3.05, 3.63) is 38.9 Å². The van der Waals surface area contributed by atoms with E-state index in [9.17, 15) is 5.11 Å². The third-order valence-electron chi connectivity index (χ3n) is 4.78. The fourth-order valence-electron chi connectivity index (χ4n) is 3.07. The highest BCUT2D eigenvalue weighted by atomic mass is 35.5. The summed E-state index contributed by atoms with van der Waals surface area (Å²) in [7, 11) is 0. The van der Waals surface area contributed by atoms with Gasteiger partial charge in [0.2, 0.25) is 4.77 Å². The zero-order valence-corrected chi connectivity index (χ0v) is 15.6. The van der Waals surface area contributed by atoms with E-state index >= 15 is 0 Å². The fourth-order valence-corrected chi connectivity index (χ4v) is 3.66. The Morgan fingerprint density at radius 2 is 2.00 bits per heavy atom. The molecule has 0 saturated heterocycles. The summed E-state index contributed by atoms with van der Waals surface area (Å²) >= 11 is 17.5. The summed E-state index contributed by atoms with van der Waals surface area (Å²) in [5.74, 6) is 0. The van der Waals surface area contributed by atoms with Crippen LogP contribution in [0.15, 0.2) is 18.2 Å². The van der Waals surface area contributed by atoms with Gasteiger partial charge in [0.25, 0.3) is 0 Å². The van der Waals surface area contributed by atoms with Crippen LogP contribution in [0.25, 0.3) is 6.08 Å². The van der Waals surface area contributed by atoms with Crippen molar-refractivity contribution >= 4 is 41.5 Å². The first kappa shape index (κ1) is 17.5. The van der Waals surface area contributed by atoms with E-state index in [4.69, 9.17) is 35.4 Å². The number of rotatable bonds is 3. The number of halogens is 2. The lowest BCUT2D eigenvalue weighted by Gasteiger charge is -2.37. The van der Waals surface area contributed by atoms with Crippen LogP contribution >= 0.6 is 35.4 Å². The van der Waals surface area contributed by atoms with E-state index in [0.29, 0.717) is 16.8 Å². The van der Waals surface area contributed by atoms with Gasteiger partial charge in [0.1, 0.15) is 28.6 Å². The van der Waals surface area contributed by atoms with Crippen molar-refractivity contribution in [3.63, 3.8) is 0 Å². The van der Waals surface area contributed by atoms with Crippen LogP contribution in [0.4, 0.5) is 0 Å². The standard InChI is InChI=1S/C15H17Cl2N5OS/c1-14(2)4-3-9(5-10-11(16)18-7-19-12(10)17)15(14,23)6-22-13(24)20-8-21-22/h5,7-8,23H,3-4,6H2,1-2H3,(H,20,21,24). The van der Waals surface area contributed by atoms with Gasteiger partial charge in [-0.2, -0.15) is 0 Å². The van der Waals surface area contributed by atoms with Crippen molar-refractivity contribution in [3.8, 4) is 0 Å². The van der Waals surface area contributed by atoms with E-state index in [1.807, 2.05) is 13.8 Å². The Morgan fingerprint density at radius 3 is 2.58 bits per heavy atom. The highest BCUT2D eigenvalue weighted by Crippen LogP contribution is 2.51. The van der Waals surface area contributed by atoms with Crippen LogP contribution < -0.4 is 0 Å². The largest absolute Gasteiger partial charge is 0.383 e. The number of aromatic amines is 1. The van der Waals surface area contributed by atoms with Crippen molar-refractivity contribution in [2.24, 2.45) is 5.41 Å². The van der Waals surface area contributed by atoms with Crippen molar-refractivity contribution < 1.29 is 5.11 Å². The van der Waals surface area contributed by atoms with Gasteiger partial charge in [-0.15, -0.1) is 0 Å². The number of aromatic nitrogens is 5. The summed E-state index contributed by atoms with van der Waals surface area (Å²) in [6.45, 7) is 4.32. The Bertz CT molecular complexity index is 839. The van der Waals surface area contributed by atoms with Gasteiger partial charge in [-0.3, -0.25) is 9.78 Å². The SMILES string of the molecule is CC1(C)CCC(=Cc2c(Cl)ncnc2Cl)C1(O)Cn1[nH]cnc1=S. The Kier molecular flexibility index (Phi) is 4.55. The van der Waals surface area contributed by atoms with Crippen LogP contribution in [0.3, 0.4) is 0 Å². The van der Waals surface area contributed by atoms with E-state index < -0.39 is 5.60 Å². The van der Waals surface area contributed by atoms with Crippen molar-refractivity contribution in [1.82, 2.24) is 24.7 Å². The fraction of sp³-hybridized carbons (Fsp3) is 0.467. The molecule has 0 amide bonds. The molecule has 0 bridgehead atoms. The summed E-state index contributed by atoms with van der Waals surface area (Å²) in [4.78, 5) is 11.9. The second kappa shape index (κ2) is 6.22. The Hall–Kier alpha value is -1.28. The lowest BCUT2D eigenvalue weighted by molar-refractivity contribution is -0.0301. The molecule has 0 spiro atoms. The molecule has 3 rings (SSSR count). The molecular weight excluding hydrogens is 369 g/mol. The van der Waals surface area contributed by atoms with Crippen molar-refractivity contribution in [2.75, 3.05) is 0 Å². The predicted molar refractivity (Wildman–Crippen MR) is 95.4 cm³/mol. The van der Waals surface area contributed by atoms with Crippen LogP contribution in [0.2, 0.25) is 10.3 Å². The first-order valence-electron chi connectivity index (χ1n) is 7.44. The maximum absolute atomic E-state index is 11.5. The van der Waals surface area contributed by atoms with E-state index in [1.165, 1.54) is 12.7 Å². The van der Waals surface area contributed by atoms with Gasteiger partial charge >= 0.3 is 0 Å². The Morgan fingerprint density at radius 1 is 1.33 bits per heavy atom. The maximum atomic E-state index is 11.5. The number of aliphatic hydroxyl groups is 1. The number of H-pyrrole nitrogens is 1. The molecule has 0 radical (unpaired) electrons. The molecule has 1 atom stereocenters. The number of hydrogen-bond acceptors (Lipinski definition) is 5. The van der Waals surface area contributed by atoms with E-state index in [1.54, 1.807) is 10.8 Å². The summed E-state index contributed by atoms with van der Waals surface area (Å²) in [6.07, 6.45) is 6.14. The average molecular weight is 386 g/mol. The van der Waals surface area contributed by atoms with Gasteiger partial charge in [0.05, 0.1) is 6.54 Å². The van der Waals surface area contributed by atoms with Gasteiger partial charge in [-0.25, -0.2) is 15.0 Å². The molecule has 2 N–H and O–H groups in total. The third kappa shape index (κ3) is 2.90. The molecule has 1 saturated carbocycles. The van der Waals surface area contributed by atoms with Crippen LogP contribution in [-0.2, 0) is 6.54 Å². The molecule has 6 nitrogen and oxygen atoms in total. The van der Waals surface area contributed by atoms with Crippen molar-refractivity contribution in [2.45, 2.75) is 38.8 Å². The minimum atomic E-state index is -1.12.